The van der Waals surface area contributed by atoms with Gasteiger partial charge in [0.1, 0.15) is 6.04 Å². The highest BCUT2D eigenvalue weighted by Gasteiger charge is 2.54. The van der Waals surface area contributed by atoms with Gasteiger partial charge >= 0.3 is 0 Å². The van der Waals surface area contributed by atoms with E-state index in [1.807, 2.05) is 0 Å². The fourth-order valence-electron chi connectivity index (χ4n) is 4.74. The van der Waals surface area contributed by atoms with Crippen molar-refractivity contribution < 1.29 is 19.2 Å². The summed E-state index contributed by atoms with van der Waals surface area (Å²) in [4.78, 5) is 53.6. The number of hydrogen-bond donors (Lipinski definition) is 0. The van der Waals surface area contributed by atoms with Gasteiger partial charge in [0.25, 0.3) is 17.7 Å². The van der Waals surface area contributed by atoms with Crippen LogP contribution in [0.2, 0.25) is 5.02 Å². The first-order valence-electron chi connectivity index (χ1n) is 10.9. The van der Waals surface area contributed by atoms with Crippen molar-refractivity contribution in [1.29, 1.82) is 0 Å². The first kappa shape index (κ1) is 22.2. The molecule has 1 aliphatic carbocycles. The molecule has 2 fully saturated rings. The van der Waals surface area contributed by atoms with Crippen molar-refractivity contribution in [2.24, 2.45) is 17.8 Å². The quantitative estimate of drug-likeness (QED) is 0.498. The van der Waals surface area contributed by atoms with E-state index >= 15 is 0 Å². The minimum atomic E-state index is -1.08. The number of carbonyl (C=O) groups is 4. The molecular formula is C25H25ClN2O4. The molecule has 7 heteroatoms. The third-order valence-corrected chi connectivity index (χ3v) is 6.83. The van der Waals surface area contributed by atoms with Crippen molar-refractivity contribution in [2.45, 2.75) is 39.2 Å². The average molecular weight is 453 g/mol. The van der Waals surface area contributed by atoms with Gasteiger partial charge in [0.05, 0.1) is 22.4 Å². The second kappa shape index (κ2) is 8.87. The van der Waals surface area contributed by atoms with Crippen LogP contribution in [-0.2, 0) is 9.59 Å². The summed E-state index contributed by atoms with van der Waals surface area (Å²) < 4.78 is 0. The molecule has 0 N–H and O–H groups in total. The molecule has 2 aromatic rings. The minimum absolute atomic E-state index is 0.130. The third kappa shape index (κ3) is 3.84. The molecule has 32 heavy (non-hydrogen) atoms. The summed E-state index contributed by atoms with van der Waals surface area (Å²) in [5.74, 6) is -2.45. The van der Waals surface area contributed by atoms with E-state index in [-0.39, 0.29) is 16.4 Å². The van der Waals surface area contributed by atoms with Crippen LogP contribution in [0.1, 0.15) is 53.8 Å². The lowest BCUT2D eigenvalue weighted by atomic mass is 9.76. The van der Waals surface area contributed by atoms with Gasteiger partial charge in [-0.15, -0.1) is 0 Å². The standard InChI is InChI=1S/C25H25ClN2O4/c1-15-12-13-18-20(14-15)25(32)28(23(18)30)27(24(31)19-10-6-7-11-21(19)26)16(2)22(29)17-8-4-3-5-9-17/h3-11,15-16,18,20H,12-14H2,1-2H3/t15-,16-,18+,20+/m1/s1. The highest BCUT2D eigenvalue weighted by molar-refractivity contribution is 6.34. The smallest absolute Gasteiger partial charge is 0.275 e. The van der Waals surface area contributed by atoms with Crippen LogP contribution in [0.5, 0.6) is 0 Å². The van der Waals surface area contributed by atoms with Crippen molar-refractivity contribution in [3.8, 4) is 0 Å². The Morgan fingerprint density at radius 2 is 1.59 bits per heavy atom. The number of rotatable bonds is 5. The first-order chi connectivity index (χ1) is 15.3. The number of ketones is 1. The number of imide groups is 1. The SMILES string of the molecule is C[C@@H]1CC[C@@H]2C(=O)N(N(C(=O)c3ccccc3Cl)[C@H](C)C(=O)c3ccccc3)C(=O)[C@H]2C1. The van der Waals surface area contributed by atoms with E-state index < -0.39 is 35.6 Å². The maximum atomic E-state index is 13.6. The molecule has 0 spiro atoms. The van der Waals surface area contributed by atoms with E-state index in [4.69, 9.17) is 11.6 Å². The molecule has 2 aromatic carbocycles. The molecule has 4 rings (SSSR count). The number of halogens is 1. The van der Waals surface area contributed by atoms with Crippen molar-refractivity contribution >= 4 is 35.1 Å². The van der Waals surface area contributed by atoms with E-state index in [0.717, 1.165) is 16.4 Å². The van der Waals surface area contributed by atoms with Gasteiger partial charge in [-0.2, -0.15) is 5.01 Å². The lowest BCUT2D eigenvalue weighted by Gasteiger charge is -2.35. The number of carbonyl (C=O) groups excluding carboxylic acids is 4. The Hall–Kier alpha value is -2.99. The molecule has 0 aromatic heterocycles. The summed E-state index contributed by atoms with van der Waals surface area (Å²) in [6.45, 7) is 3.60. The van der Waals surface area contributed by atoms with Crippen LogP contribution in [-0.4, -0.2) is 39.6 Å². The van der Waals surface area contributed by atoms with E-state index in [1.54, 1.807) is 48.5 Å². The molecule has 1 saturated heterocycles. The van der Waals surface area contributed by atoms with Gasteiger partial charge in [0.2, 0.25) is 0 Å². The van der Waals surface area contributed by atoms with E-state index in [2.05, 4.69) is 6.92 Å². The predicted octanol–water partition coefficient (Wildman–Crippen LogP) is 4.39. The van der Waals surface area contributed by atoms with Crippen molar-refractivity contribution in [1.82, 2.24) is 10.0 Å². The predicted molar refractivity (Wildman–Crippen MR) is 120 cm³/mol. The molecular weight excluding hydrogens is 428 g/mol. The summed E-state index contributed by atoms with van der Waals surface area (Å²) in [5.41, 5.74) is 0.521. The normalized spacial score (nSPS) is 23.6. The van der Waals surface area contributed by atoms with Gasteiger partial charge in [0, 0.05) is 5.56 Å². The van der Waals surface area contributed by atoms with Crippen molar-refractivity contribution in [3.63, 3.8) is 0 Å². The van der Waals surface area contributed by atoms with Gasteiger partial charge in [-0.25, -0.2) is 5.01 Å². The second-order valence-corrected chi connectivity index (χ2v) is 9.06. The van der Waals surface area contributed by atoms with E-state index in [9.17, 15) is 19.2 Å². The maximum Gasteiger partial charge on any atom is 0.275 e. The van der Waals surface area contributed by atoms with Crippen LogP contribution >= 0.6 is 11.6 Å². The number of hydrazine groups is 1. The van der Waals surface area contributed by atoms with Crippen molar-refractivity contribution in [3.05, 3.63) is 70.7 Å². The van der Waals surface area contributed by atoms with E-state index in [0.29, 0.717) is 24.3 Å². The Bertz CT molecular complexity index is 1070. The molecule has 6 nitrogen and oxygen atoms in total. The molecule has 1 aliphatic heterocycles. The zero-order valence-corrected chi connectivity index (χ0v) is 18.8. The van der Waals surface area contributed by atoms with Gasteiger partial charge in [-0.1, -0.05) is 61.0 Å². The van der Waals surface area contributed by atoms with Crippen LogP contribution in [0.25, 0.3) is 0 Å². The number of amides is 3. The topological polar surface area (TPSA) is 74.8 Å². The van der Waals surface area contributed by atoms with Gasteiger partial charge in [-0.05, 0) is 44.2 Å². The Labute approximate surface area is 192 Å². The number of fused-ring (bicyclic) bond motifs is 1. The summed E-state index contributed by atoms with van der Waals surface area (Å²) in [6, 6.07) is 13.9. The molecule has 4 atom stereocenters. The van der Waals surface area contributed by atoms with Crippen LogP contribution < -0.4 is 0 Å². The van der Waals surface area contributed by atoms with Gasteiger partial charge < -0.3 is 0 Å². The fourth-order valence-corrected chi connectivity index (χ4v) is 4.95. The molecule has 0 bridgehead atoms. The molecule has 2 aliphatic rings. The lowest BCUT2D eigenvalue weighted by Crippen LogP contribution is -2.56. The molecule has 1 heterocycles. The monoisotopic (exact) mass is 452 g/mol. The van der Waals surface area contributed by atoms with E-state index in [1.165, 1.54) is 13.0 Å². The van der Waals surface area contributed by atoms with Crippen molar-refractivity contribution in [2.75, 3.05) is 0 Å². The molecule has 0 radical (unpaired) electrons. The molecule has 3 amide bonds. The Kier molecular flexibility index (Phi) is 6.15. The van der Waals surface area contributed by atoms with Crippen LogP contribution in [0.4, 0.5) is 0 Å². The highest BCUT2D eigenvalue weighted by Crippen LogP contribution is 2.41. The van der Waals surface area contributed by atoms with Crippen LogP contribution in [0, 0.1) is 17.8 Å². The number of Topliss-reactive ketones (excluding diaryl/α,β-unsaturated/α-hetero) is 1. The Balaban J connectivity index is 1.76. The fraction of sp³-hybridized carbons (Fsp3) is 0.360. The summed E-state index contributed by atoms with van der Waals surface area (Å²) in [6.07, 6.45) is 2.05. The first-order valence-corrected chi connectivity index (χ1v) is 11.2. The summed E-state index contributed by atoms with van der Waals surface area (Å²) in [5, 5.41) is 2.13. The van der Waals surface area contributed by atoms with Gasteiger partial charge in [-0.3, -0.25) is 19.2 Å². The zero-order chi connectivity index (χ0) is 23.0. The third-order valence-electron chi connectivity index (χ3n) is 6.50. The number of benzene rings is 2. The average Bonchev–Trinajstić information content (AvgIpc) is 3.04. The Morgan fingerprint density at radius 3 is 2.28 bits per heavy atom. The number of nitrogens with zero attached hydrogens (tertiary/aromatic N) is 2. The molecule has 1 saturated carbocycles. The summed E-state index contributed by atoms with van der Waals surface area (Å²) in [7, 11) is 0. The van der Waals surface area contributed by atoms with Crippen LogP contribution in [0.3, 0.4) is 0 Å². The highest BCUT2D eigenvalue weighted by atomic mass is 35.5. The molecule has 166 valence electrons. The number of hydrogen-bond acceptors (Lipinski definition) is 4. The minimum Gasteiger partial charge on any atom is -0.292 e. The second-order valence-electron chi connectivity index (χ2n) is 8.66. The lowest BCUT2D eigenvalue weighted by molar-refractivity contribution is -0.156. The summed E-state index contributed by atoms with van der Waals surface area (Å²) >= 11 is 6.26. The largest absolute Gasteiger partial charge is 0.292 e. The molecule has 0 unspecified atom stereocenters. The maximum absolute atomic E-state index is 13.6. The van der Waals surface area contributed by atoms with Crippen LogP contribution in [0.15, 0.2) is 54.6 Å². The van der Waals surface area contributed by atoms with Gasteiger partial charge in [0.15, 0.2) is 5.78 Å². The zero-order valence-electron chi connectivity index (χ0n) is 18.0. The Morgan fingerprint density at radius 1 is 0.969 bits per heavy atom.